The first-order valence-corrected chi connectivity index (χ1v) is 11.9. The molecule has 2 aromatic heterocycles. The number of hydrogen-bond acceptors (Lipinski definition) is 7. The summed E-state index contributed by atoms with van der Waals surface area (Å²) in [6, 6.07) is 8.59. The van der Waals surface area contributed by atoms with E-state index in [1.54, 1.807) is 0 Å². The smallest absolute Gasteiger partial charge is 0.246 e. The van der Waals surface area contributed by atoms with Crippen molar-refractivity contribution >= 4 is 22.8 Å². The molecule has 2 N–H and O–H groups in total. The van der Waals surface area contributed by atoms with Crippen molar-refractivity contribution in [2.24, 2.45) is 0 Å². The second-order valence-electron chi connectivity index (χ2n) is 9.31. The number of nitrogens with zero attached hydrogens (tertiary/aromatic N) is 7. The van der Waals surface area contributed by atoms with Crippen LogP contribution in [0.3, 0.4) is 0 Å². The molecule has 4 heterocycles. The van der Waals surface area contributed by atoms with Gasteiger partial charge in [-0.2, -0.15) is 5.10 Å². The van der Waals surface area contributed by atoms with Crippen LogP contribution in [0.1, 0.15) is 24.4 Å². The molecule has 9 nitrogen and oxygen atoms in total. The van der Waals surface area contributed by atoms with E-state index in [0.717, 1.165) is 68.8 Å². The first-order valence-electron chi connectivity index (χ1n) is 11.9. The third-order valence-electron chi connectivity index (χ3n) is 6.98. The summed E-state index contributed by atoms with van der Waals surface area (Å²) < 4.78 is 1.93. The van der Waals surface area contributed by atoms with E-state index in [4.69, 9.17) is 10.8 Å². The van der Waals surface area contributed by atoms with Crippen molar-refractivity contribution in [1.29, 1.82) is 0 Å². The van der Waals surface area contributed by atoms with Crippen LogP contribution in [0.2, 0.25) is 0 Å². The van der Waals surface area contributed by atoms with Gasteiger partial charge in [-0.05, 0) is 31.5 Å². The quantitative estimate of drug-likeness (QED) is 0.583. The molecule has 2 saturated heterocycles. The number of carbonyl (C=O) groups excluding carboxylic acids is 1. The minimum atomic E-state index is -0.0496. The van der Waals surface area contributed by atoms with Gasteiger partial charge in [0.25, 0.3) is 0 Å². The number of likely N-dealkylation sites (tertiary alicyclic amines) is 1. The number of anilines is 1. The minimum absolute atomic E-state index is 0.0275. The van der Waals surface area contributed by atoms with Gasteiger partial charge in [-0.3, -0.25) is 9.69 Å². The second-order valence-corrected chi connectivity index (χ2v) is 9.31. The van der Waals surface area contributed by atoms with Crippen molar-refractivity contribution in [3.05, 3.63) is 48.8 Å². The molecule has 0 spiro atoms. The number of piperazine rings is 1. The summed E-state index contributed by atoms with van der Waals surface area (Å²) in [6.45, 7) is 10.3. The Hall–Kier alpha value is -3.30. The first-order chi connectivity index (χ1) is 16.5. The lowest BCUT2D eigenvalue weighted by Gasteiger charge is -2.32. The van der Waals surface area contributed by atoms with E-state index in [-0.39, 0.29) is 11.9 Å². The third-order valence-corrected chi connectivity index (χ3v) is 6.98. The van der Waals surface area contributed by atoms with E-state index in [0.29, 0.717) is 18.0 Å². The molecule has 5 rings (SSSR count). The highest BCUT2D eigenvalue weighted by Gasteiger charge is 2.28. The fourth-order valence-electron chi connectivity index (χ4n) is 4.97. The summed E-state index contributed by atoms with van der Waals surface area (Å²) in [7, 11) is 2.17. The Morgan fingerprint density at radius 3 is 2.65 bits per heavy atom. The predicted molar refractivity (Wildman–Crippen MR) is 133 cm³/mol. The van der Waals surface area contributed by atoms with Crippen LogP contribution < -0.4 is 5.73 Å². The number of carbonyl (C=O) groups is 1. The van der Waals surface area contributed by atoms with Gasteiger partial charge in [0.2, 0.25) is 5.91 Å². The van der Waals surface area contributed by atoms with Gasteiger partial charge in [-0.25, -0.2) is 14.6 Å². The van der Waals surface area contributed by atoms with Crippen molar-refractivity contribution in [2.75, 3.05) is 52.0 Å². The SMILES string of the molecule is C=CC(=O)N1CCCC(n2nc(-c3ccc(CN4CCN(C)CC4)cc3)c3c(N)ncnc32)C1. The highest BCUT2D eigenvalue weighted by molar-refractivity contribution is 5.98. The van der Waals surface area contributed by atoms with E-state index in [1.807, 2.05) is 9.58 Å². The molecule has 1 atom stereocenters. The molecule has 3 aromatic rings. The lowest BCUT2D eigenvalue weighted by atomic mass is 10.1. The number of benzene rings is 1. The lowest BCUT2D eigenvalue weighted by Crippen LogP contribution is -2.43. The summed E-state index contributed by atoms with van der Waals surface area (Å²) in [5.41, 5.74) is 10.1. The van der Waals surface area contributed by atoms with Crippen molar-refractivity contribution in [2.45, 2.75) is 25.4 Å². The van der Waals surface area contributed by atoms with Crippen LogP contribution in [0.15, 0.2) is 43.2 Å². The van der Waals surface area contributed by atoms with Crippen molar-refractivity contribution in [3.63, 3.8) is 0 Å². The van der Waals surface area contributed by atoms with Gasteiger partial charge in [0.05, 0.1) is 11.4 Å². The molecule has 2 aliphatic rings. The highest BCUT2D eigenvalue weighted by Crippen LogP contribution is 2.34. The van der Waals surface area contributed by atoms with Crippen molar-refractivity contribution in [1.82, 2.24) is 34.4 Å². The molecule has 0 bridgehead atoms. The van der Waals surface area contributed by atoms with E-state index in [1.165, 1.54) is 18.0 Å². The number of fused-ring (bicyclic) bond motifs is 1. The molecule has 2 aliphatic heterocycles. The molecule has 1 aromatic carbocycles. The second kappa shape index (κ2) is 9.52. The molecule has 178 valence electrons. The van der Waals surface area contributed by atoms with Gasteiger partial charge >= 0.3 is 0 Å². The third kappa shape index (κ3) is 4.41. The zero-order valence-corrected chi connectivity index (χ0v) is 19.7. The average Bonchev–Trinajstić information content (AvgIpc) is 3.26. The topological polar surface area (TPSA) is 96.4 Å². The molecule has 0 radical (unpaired) electrons. The Balaban J connectivity index is 1.43. The fraction of sp³-hybridized carbons (Fsp3) is 0.440. The Kier molecular flexibility index (Phi) is 6.30. The van der Waals surface area contributed by atoms with Crippen LogP contribution in [-0.2, 0) is 11.3 Å². The number of nitrogen functional groups attached to an aromatic ring is 1. The van der Waals surface area contributed by atoms with Crippen LogP contribution >= 0.6 is 0 Å². The van der Waals surface area contributed by atoms with E-state index in [9.17, 15) is 4.79 Å². The van der Waals surface area contributed by atoms with E-state index >= 15 is 0 Å². The van der Waals surface area contributed by atoms with Gasteiger partial charge in [-0.1, -0.05) is 30.8 Å². The van der Waals surface area contributed by atoms with Gasteiger partial charge in [0.1, 0.15) is 17.8 Å². The Morgan fingerprint density at radius 2 is 1.91 bits per heavy atom. The van der Waals surface area contributed by atoms with Gasteiger partial charge in [0.15, 0.2) is 5.65 Å². The zero-order valence-electron chi connectivity index (χ0n) is 19.7. The maximum absolute atomic E-state index is 12.2. The van der Waals surface area contributed by atoms with Gasteiger partial charge < -0.3 is 15.5 Å². The predicted octanol–water partition coefficient (Wildman–Crippen LogP) is 2.17. The average molecular weight is 461 g/mol. The van der Waals surface area contributed by atoms with E-state index in [2.05, 4.69) is 57.7 Å². The van der Waals surface area contributed by atoms with Crippen molar-refractivity contribution < 1.29 is 4.79 Å². The standard InChI is InChI=1S/C25H32N8O/c1-3-21(34)32-10-4-5-20(16-32)33-25-22(24(26)27-17-28-25)23(29-33)19-8-6-18(7-9-19)15-31-13-11-30(2)12-14-31/h3,6-9,17,20H,1,4-5,10-16H2,2H3,(H2,26,27,28). The van der Waals surface area contributed by atoms with Gasteiger partial charge in [0, 0.05) is 51.4 Å². The summed E-state index contributed by atoms with van der Waals surface area (Å²) in [5, 5.41) is 5.74. The number of likely N-dealkylation sites (N-methyl/N-ethyl adjacent to an activating group) is 1. The first kappa shape index (κ1) is 22.5. The van der Waals surface area contributed by atoms with Crippen LogP contribution in [-0.4, -0.2) is 86.7 Å². The number of nitrogens with two attached hydrogens (primary N) is 1. The molecular weight excluding hydrogens is 428 g/mol. The highest BCUT2D eigenvalue weighted by atomic mass is 16.2. The molecule has 2 fully saturated rings. The molecule has 1 amide bonds. The lowest BCUT2D eigenvalue weighted by molar-refractivity contribution is -0.127. The summed E-state index contributed by atoms with van der Waals surface area (Å²) >= 11 is 0. The maximum Gasteiger partial charge on any atom is 0.246 e. The number of hydrogen-bond donors (Lipinski definition) is 1. The number of aromatic nitrogens is 4. The van der Waals surface area contributed by atoms with Crippen LogP contribution in [0.5, 0.6) is 0 Å². The number of rotatable bonds is 5. The molecule has 0 aliphatic carbocycles. The molecular formula is C25H32N8O. The molecule has 34 heavy (non-hydrogen) atoms. The van der Waals surface area contributed by atoms with E-state index < -0.39 is 0 Å². The van der Waals surface area contributed by atoms with Crippen LogP contribution in [0, 0.1) is 0 Å². The largest absolute Gasteiger partial charge is 0.383 e. The number of amides is 1. The monoisotopic (exact) mass is 460 g/mol. The van der Waals surface area contributed by atoms with Crippen LogP contribution in [0.4, 0.5) is 5.82 Å². The van der Waals surface area contributed by atoms with Crippen LogP contribution in [0.25, 0.3) is 22.3 Å². The Bertz CT molecular complexity index is 1180. The summed E-state index contributed by atoms with van der Waals surface area (Å²) in [6.07, 6.45) is 4.68. The Morgan fingerprint density at radius 1 is 1.15 bits per heavy atom. The molecule has 1 unspecified atom stereocenters. The maximum atomic E-state index is 12.2. The van der Waals surface area contributed by atoms with Gasteiger partial charge in [-0.15, -0.1) is 0 Å². The van der Waals surface area contributed by atoms with Crippen molar-refractivity contribution in [3.8, 4) is 11.3 Å². The zero-order chi connectivity index (χ0) is 23.7. The normalized spacial score (nSPS) is 20.0. The molecule has 0 saturated carbocycles. The minimum Gasteiger partial charge on any atom is -0.383 e. The Labute approximate surface area is 199 Å². The molecule has 9 heteroatoms. The fourth-order valence-corrected chi connectivity index (χ4v) is 4.97. The number of piperidine rings is 1. The summed E-state index contributed by atoms with van der Waals surface area (Å²) in [5.74, 6) is 0.370. The summed E-state index contributed by atoms with van der Waals surface area (Å²) in [4.78, 5) is 27.7.